The molecule has 1 saturated carbocycles. The first-order valence-electron chi connectivity index (χ1n) is 6.34. The molecule has 0 amide bonds. The summed E-state index contributed by atoms with van der Waals surface area (Å²) in [5, 5.41) is 0. The molecule has 3 rings (SSSR count). The Hall–Kier alpha value is -1.38. The van der Waals surface area contributed by atoms with E-state index in [4.69, 9.17) is 5.73 Å². The van der Waals surface area contributed by atoms with Gasteiger partial charge in [-0.15, -0.1) is 12.4 Å². The van der Waals surface area contributed by atoms with Crippen molar-refractivity contribution in [2.75, 3.05) is 6.54 Å². The van der Waals surface area contributed by atoms with Gasteiger partial charge in [-0.05, 0) is 53.6 Å². The molecule has 19 heavy (non-hydrogen) atoms. The molecule has 1 aliphatic rings. The molecule has 1 aliphatic carbocycles. The topological polar surface area (TPSA) is 26.0 Å². The Bertz CT molecular complexity index is 536. The lowest BCUT2D eigenvalue weighted by Crippen LogP contribution is -2.01. The lowest BCUT2D eigenvalue weighted by atomic mass is 10.0. The molecule has 2 atom stereocenters. The molecule has 0 saturated heterocycles. The van der Waals surface area contributed by atoms with Crippen molar-refractivity contribution >= 4 is 12.4 Å². The van der Waals surface area contributed by atoms with Gasteiger partial charge in [0.2, 0.25) is 0 Å². The van der Waals surface area contributed by atoms with Crippen LogP contribution >= 0.6 is 12.4 Å². The summed E-state index contributed by atoms with van der Waals surface area (Å²) < 4.78 is 12.9. The minimum Gasteiger partial charge on any atom is -0.330 e. The normalized spacial score (nSPS) is 20.7. The Morgan fingerprint density at radius 1 is 0.947 bits per heavy atom. The minimum atomic E-state index is -0.195. The largest absolute Gasteiger partial charge is 0.330 e. The van der Waals surface area contributed by atoms with E-state index in [0.717, 1.165) is 17.7 Å². The summed E-state index contributed by atoms with van der Waals surface area (Å²) in [6.07, 6.45) is 1.21. The second-order valence-corrected chi connectivity index (χ2v) is 4.97. The number of benzene rings is 2. The number of halogens is 2. The molecule has 1 nitrogen and oxygen atoms in total. The van der Waals surface area contributed by atoms with Crippen LogP contribution in [0, 0.1) is 11.7 Å². The van der Waals surface area contributed by atoms with Gasteiger partial charge in [0.05, 0.1) is 0 Å². The molecule has 0 bridgehead atoms. The fourth-order valence-electron chi connectivity index (χ4n) is 2.48. The van der Waals surface area contributed by atoms with E-state index in [1.807, 2.05) is 12.1 Å². The predicted octanol–water partition coefficient (Wildman–Crippen LogP) is 3.98. The summed E-state index contributed by atoms with van der Waals surface area (Å²) in [4.78, 5) is 0. The quantitative estimate of drug-likeness (QED) is 0.902. The van der Waals surface area contributed by atoms with E-state index in [-0.39, 0.29) is 18.2 Å². The SMILES string of the molecule is Cl.NC[C@H]1C[C@@H]1c1ccc(-c2ccc(F)cc2)cc1. The van der Waals surface area contributed by atoms with Crippen molar-refractivity contribution in [3.63, 3.8) is 0 Å². The van der Waals surface area contributed by atoms with Gasteiger partial charge in [0.1, 0.15) is 5.82 Å². The molecule has 0 aromatic heterocycles. The zero-order valence-electron chi connectivity index (χ0n) is 10.6. The Morgan fingerprint density at radius 3 is 1.95 bits per heavy atom. The highest BCUT2D eigenvalue weighted by atomic mass is 35.5. The highest BCUT2D eigenvalue weighted by molar-refractivity contribution is 5.85. The van der Waals surface area contributed by atoms with E-state index in [2.05, 4.69) is 24.3 Å². The third-order valence-electron chi connectivity index (χ3n) is 3.74. The molecule has 0 aliphatic heterocycles. The van der Waals surface area contributed by atoms with Crippen molar-refractivity contribution in [1.29, 1.82) is 0 Å². The third-order valence-corrected chi connectivity index (χ3v) is 3.74. The summed E-state index contributed by atoms with van der Waals surface area (Å²) in [5.74, 6) is 1.12. The monoisotopic (exact) mass is 277 g/mol. The number of hydrogen-bond acceptors (Lipinski definition) is 1. The Kier molecular flexibility index (Phi) is 4.23. The van der Waals surface area contributed by atoms with Crippen LogP contribution in [0.5, 0.6) is 0 Å². The zero-order valence-corrected chi connectivity index (χ0v) is 11.4. The molecule has 2 aromatic rings. The van der Waals surface area contributed by atoms with Gasteiger partial charge in [-0.1, -0.05) is 36.4 Å². The lowest BCUT2D eigenvalue weighted by molar-refractivity contribution is 0.628. The minimum absolute atomic E-state index is 0. The van der Waals surface area contributed by atoms with Crippen LogP contribution < -0.4 is 5.73 Å². The molecule has 1 fully saturated rings. The van der Waals surface area contributed by atoms with Gasteiger partial charge >= 0.3 is 0 Å². The molecule has 100 valence electrons. The van der Waals surface area contributed by atoms with E-state index < -0.39 is 0 Å². The number of rotatable bonds is 3. The van der Waals surface area contributed by atoms with Gasteiger partial charge in [0.15, 0.2) is 0 Å². The first-order valence-corrected chi connectivity index (χ1v) is 6.34. The second kappa shape index (κ2) is 5.72. The third kappa shape index (κ3) is 2.96. The maximum absolute atomic E-state index is 12.9. The van der Waals surface area contributed by atoms with Gasteiger partial charge in [-0.2, -0.15) is 0 Å². The molecule has 3 heteroatoms. The van der Waals surface area contributed by atoms with Crippen LogP contribution in [0.2, 0.25) is 0 Å². The van der Waals surface area contributed by atoms with E-state index in [1.54, 1.807) is 0 Å². The summed E-state index contributed by atoms with van der Waals surface area (Å²) in [6.45, 7) is 0.782. The van der Waals surface area contributed by atoms with E-state index in [9.17, 15) is 4.39 Å². The first kappa shape index (κ1) is 14.0. The second-order valence-electron chi connectivity index (χ2n) is 4.97. The van der Waals surface area contributed by atoms with E-state index >= 15 is 0 Å². The molecule has 0 unspecified atom stereocenters. The molecule has 0 heterocycles. The molecule has 2 aromatic carbocycles. The van der Waals surface area contributed by atoms with E-state index in [1.165, 1.54) is 24.1 Å². The molecule has 2 N–H and O–H groups in total. The Labute approximate surface area is 119 Å². The van der Waals surface area contributed by atoms with Crippen LogP contribution in [0.4, 0.5) is 4.39 Å². The van der Waals surface area contributed by atoms with Crippen molar-refractivity contribution in [3.8, 4) is 11.1 Å². The molecular formula is C16H17ClFN. The predicted molar refractivity (Wildman–Crippen MR) is 79.0 cm³/mol. The molecule has 0 radical (unpaired) electrons. The van der Waals surface area contributed by atoms with Gasteiger partial charge in [-0.3, -0.25) is 0 Å². The highest BCUT2D eigenvalue weighted by Gasteiger charge is 2.36. The number of hydrogen-bond donors (Lipinski definition) is 1. The Balaban J connectivity index is 0.00000133. The van der Waals surface area contributed by atoms with Crippen LogP contribution in [-0.2, 0) is 0 Å². The summed E-state index contributed by atoms with van der Waals surface area (Å²) >= 11 is 0. The zero-order chi connectivity index (χ0) is 12.5. The maximum atomic E-state index is 12.9. The smallest absolute Gasteiger partial charge is 0.123 e. The average molecular weight is 278 g/mol. The van der Waals surface area contributed by atoms with Crippen LogP contribution in [0.25, 0.3) is 11.1 Å². The van der Waals surface area contributed by atoms with Crippen LogP contribution in [0.3, 0.4) is 0 Å². The maximum Gasteiger partial charge on any atom is 0.123 e. The summed E-state index contributed by atoms with van der Waals surface area (Å²) in [7, 11) is 0. The average Bonchev–Trinajstić information content (AvgIpc) is 3.19. The van der Waals surface area contributed by atoms with Crippen molar-refractivity contribution in [1.82, 2.24) is 0 Å². The van der Waals surface area contributed by atoms with Crippen LogP contribution in [0.1, 0.15) is 17.9 Å². The lowest BCUT2D eigenvalue weighted by Gasteiger charge is -2.04. The van der Waals surface area contributed by atoms with Crippen molar-refractivity contribution in [2.24, 2.45) is 11.7 Å². The molecule has 0 spiro atoms. The van der Waals surface area contributed by atoms with Crippen molar-refractivity contribution in [2.45, 2.75) is 12.3 Å². The Morgan fingerprint density at radius 2 is 1.47 bits per heavy atom. The van der Waals surface area contributed by atoms with E-state index in [0.29, 0.717) is 11.8 Å². The fraction of sp³-hybridized carbons (Fsp3) is 0.250. The summed E-state index contributed by atoms with van der Waals surface area (Å²) in [6, 6.07) is 15.2. The van der Waals surface area contributed by atoms with Crippen molar-refractivity contribution < 1.29 is 4.39 Å². The first-order chi connectivity index (χ1) is 8.78. The number of nitrogens with two attached hydrogens (primary N) is 1. The van der Waals surface area contributed by atoms with Gasteiger partial charge in [0.25, 0.3) is 0 Å². The standard InChI is InChI=1S/C16H16FN.ClH/c17-15-7-5-12(6-8-15)11-1-3-13(4-2-11)16-9-14(16)10-18;/h1-8,14,16H,9-10,18H2;1H/t14-,16-;/m1./s1. The molecular weight excluding hydrogens is 261 g/mol. The fourth-order valence-corrected chi connectivity index (χ4v) is 2.48. The van der Waals surface area contributed by atoms with Gasteiger partial charge in [-0.25, -0.2) is 4.39 Å². The van der Waals surface area contributed by atoms with Crippen LogP contribution in [-0.4, -0.2) is 6.54 Å². The van der Waals surface area contributed by atoms with Gasteiger partial charge in [0, 0.05) is 0 Å². The summed E-state index contributed by atoms with van der Waals surface area (Å²) in [5.41, 5.74) is 9.21. The van der Waals surface area contributed by atoms with Gasteiger partial charge < -0.3 is 5.73 Å². The highest BCUT2D eigenvalue weighted by Crippen LogP contribution is 2.46. The van der Waals surface area contributed by atoms with Crippen LogP contribution in [0.15, 0.2) is 48.5 Å². The van der Waals surface area contributed by atoms with Crippen molar-refractivity contribution in [3.05, 3.63) is 59.9 Å².